The summed E-state index contributed by atoms with van der Waals surface area (Å²) in [5.74, 6) is 0.143. The van der Waals surface area contributed by atoms with Crippen molar-refractivity contribution in [3.63, 3.8) is 0 Å². The van der Waals surface area contributed by atoms with Crippen molar-refractivity contribution in [1.29, 1.82) is 0 Å². The lowest BCUT2D eigenvalue weighted by Gasteiger charge is -2.09. The Kier molecular flexibility index (Phi) is 6.39. The first-order chi connectivity index (χ1) is 9.40. The minimum absolute atomic E-state index is 0.000846. The lowest BCUT2D eigenvalue weighted by atomic mass is 10.0. The Balaban J connectivity index is 2.37. The van der Waals surface area contributed by atoms with Crippen LogP contribution in [-0.2, 0) is 14.3 Å². The van der Waals surface area contributed by atoms with E-state index in [0.29, 0.717) is 5.92 Å². The topological polar surface area (TPSA) is 55.4 Å². The summed E-state index contributed by atoms with van der Waals surface area (Å²) >= 11 is 0. The minimum Gasteiger partial charge on any atom is -0.364 e. The highest BCUT2D eigenvalue weighted by molar-refractivity contribution is 5.92. The number of benzene rings is 1. The van der Waals surface area contributed by atoms with E-state index in [2.05, 4.69) is 19.2 Å². The molecular formula is C16H23NO3. The highest BCUT2D eigenvalue weighted by Crippen LogP contribution is 2.16. The number of nitrogens with one attached hydrogen (secondary N) is 1. The van der Waals surface area contributed by atoms with Gasteiger partial charge in [-0.2, -0.15) is 0 Å². The zero-order valence-electron chi connectivity index (χ0n) is 12.6. The van der Waals surface area contributed by atoms with E-state index < -0.39 is 0 Å². The Bertz CT molecular complexity index is 449. The van der Waals surface area contributed by atoms with E-state index in [1.54, 1.807) is 0 Å². The fourth-order valence-corrected chi connectivity index (χ4v) is 1.56. The number of hydrogen-bond donors (Lipinski definition) is 1. The van der Waals surface area contributed by atoms with Crippen molar-refractivity contribution in [2.75, 3.05) is 18.5 Å². The van der Waals surface area contributed by atoms with Gasteiger partial charge in [-0.25, -0.2) is 0 Å². The van der Waals surface area contributed by atoms with E-state index in [-0.39, 0.29) is 30.8 Å². The van der Waals surface area contributed by atoms with Crippen molar-refractivity contribution in [1.82, 2.24) is 0 Å². The zero-order chi connectivity index (χ0) is 15.1. The summed E-state index contributed by atoms with van der Waals surface area (Å²) in [4.78, 5) is 23.0. The van der Waals surface area contributed by atoms with Gasteiger partial charge in [-0.05, 0) is 23.6 Å². The number of ether oxygens (including phenoxy) is 1. The lowest BCUT2D eigenvalue weighted by molar-refractivity contribution is -0.129. The van der Waals surface area contributed by atoms with Crippen LogP contribution in [0.3, 0.4) is 0 Å². The van der Waals surface area contributed by atoms with Gasteiger partial charge < -0.3 is 10.1 Å². The first kappa shape index (κ1) is 16.4. The van der Waals surface area contributed by atoms with Crippen molar-refractivity contribution in [3.05, 3.63) is 29.8 Å². The molecule has 4 heteroatoms. The summed E-state index contributed by atoms with van der Waals surface area (Å²) in [6.45, 7) is 7.73. The second kappa shape index (κ2) is 7.80. The smallest absolute Gasteiger partial charge is 0.250 e. The van der Waals surface area contributed by atoms with E-state index in [9.17, 15) is 9.59 Å². The van der Waals surface area contributed by atoms with Gasteiger partial charge in [-0.3, -0.25) is 9.59 Å². The van der Waals surface area contributed by atoms with Gasteiger partial charge in [0.1, 0.15) is 13.2 Å². The van der Waals surface area contributed by atoms with Gasteiger partial charge in [0.05, 0.1) is 0 Å². The molecule has 0 saturated carbocycles. The summed E-state index contributed by atoms with van der Waals surface area (Å²) in [6.07, 6.45) is 0. The SMILES string of the molecule is CC(C)C(=O)COCC(=O)Nc1ccc(C(C)C)cc1. The molecule has 0 aromatic heterocycles. The monoisotopic (exact) mass is 277 g/mol. The van der Waals surface area contributed by atoms with Crippen LogP contribution in [0.15, 0.2) is 24.3 Å². The van der Waals surface area contributed by atoms with Crippen LogP contribution in [-0.4, -0.2) is 24.9 Å². The van der Waals surface area contributed by atoms with Crippen LogP contribution >= 0.6 is 0 Å². The van der Waals surface area contributed by atoms with Crippen molar-refractivity contribution in [2.45, 2.75) is 33.6 Å². The fourth-order valence-electron chi connectivity index (χ4n) is 1.56. The molecule has 0 aliphatic rings. The van der Waals surface area contributed by atoms with Crippen molar-refractivity contribution >= 4 is 17.4 Å². The second-order valence-corrected chi connectivity index (χ2v) is 5.44. The predicted molar refractivity (Wildman–Crippen MR) is 79.8 cm³/mol. The molecule has 0 unspecified atom stereocenters. The molecule has 0 aliphatic heterocycles. The van der Waals surface area contributed by atoms with Gasteiger partial charge in [-0.1, -0.05) is 39.8 Å². The van der Waals surface area contributed by atoms with Gasteiger partial charge in [0, 0.05) is 11.6 Å². The quantitative estimate of drug-likeness (QED) is 0.833. The molecule has 1 rings (SSSR count). The number of carbonyl (C=O) groups excluding carboxylic acids is 2. The van der Waals surface area contributed by atoms with Gasteiger partial charge in [0.2, 0.25) is 5.91 Å². The van der Waals surface area contributed by atoms with Crippen LogP contribution in [0.1, 0.15) is 39.2 Å². The fraction of sp³-hybridized carbons (Fsp3) is 0.500. The number of amides is 1. The number of ketones is 1. The molecular weight excluding hydrogens is 254 g/mol. The van der Waals surface area contributed by atoms with Crippen LogP contribution < -0.4 is 5.32 Å². The van der Waals surface area contributed by atoms with E-state index in [4.69, 9.17) is 4.74 Å². The molecule has 0 bridgehead atoms. The van der Waals surface area contributed by atoms with Gasteiger partial charge in [-0.15, -0.1) is 0 Å². The maximum Gasteiger partial charge on any atom is 0.250 e. The lowest BCUT2D eigenvalue weighted by Crippen LogP contribution is -2.22. The van der Waals surface area contributed by atoms with Crippen LogP contribution in [0.4, 0.5) is 5.69 Å². The number of carbonyl (C=O) groups is 2. The molecule has 1 aromatic rings. The first-order valence-electron chi connectivity index (χ1n) is 6.90. The number of hydrogen-bond acceptors (Lipinski definition) is 3. The third-order valence-corrected chi connectivity index (χ3v) is 2.98. The Morgan fingerprint density at radius 2 is 1.65 bits per heavy atom. The number of anilines is 1. The van der Waals surface area contributed by atoms with Crippen LogP contribution in [0, 0.1) is 5.92 Å². The molecule has 0 saturated heterocycles. The van der Waals surface area contributed by atoms with Crippen LogP contribution in [0.25, 0.3) is 0 Å². The summed E-state index contributed by atoms with van der Waals surface area (Å²) in [7, 11) is 0. The highest BCUT2D eigenvalue weighted by Gasteiger charge is 2.09. The van der Waals surface area contributed by atoms with Gasteiger partial charge in [0.25, 0.3) is 0 Å². The van der Waals surface area contributed by atoms with Crippen LogP contribution in [0.2, 0.25) is 0 Å². The standard InChI is InChI=1S/C16H23NO3/c1-11(2)13-5-7-14(8-6-13)17-16(19)10-20-9-15(18)12(3)4/h5-8,11-12H,9-10H2,1-4H3,(H,17,19). The molecule has 0 radical (unpaired) electrons. The second-order valence-electron chi connectivity index (χ2n) is 5.44. The average Bonchev–Trinajstić information content (AvgIpc) is 2.39. The van der Waals surface area contributed by atoms with Crippen molar-refractivity contribution < 1.29 is 14.3 Å². The van der Waals surface area contributed by atoms with E-state index >= 15 is 0 Å². The highest BCUT2D eigenvalue weighted by atomic mass is 16.5. The van der Waals surface area contributed by atoms with Gasteiger partial charge in [0.15, 0.2) is 5.78 Å². The van der Waals surface area contributed by atoms with E-state index in [0.717, 1.165) is 5.69 Å². The van der Waals surface area contributed by atoms with Gasteiger partial charge >= 0.3 is 0 Å². The molecule has 0 aliphatic carbocycles. The zero-order valence-corrected chi connectivity index (χ0v) is 12.6. The summed E-state index contributed by atoms with van der Waals surface area (Å²) in [5, 5.41) is 2.74. The van der Waals surface area contributed by atoms with E-state index in [1.165, 1.54) is 5.56 Å². The molecule has 0 fully saturated rings. The molecule has 4 nitrogen and oxygen atoms in total. The largest absolute Gasteiger partial charge is 0.364 e. The number of Topliss-reactive ketones (excluding diaryl/α,β-unsaturated/α-hetero) is 1. The normalized spacial score (nSPS) is 10.9. The maximum absolute atomic E-state index is 11.6. The number of rotatable bonds is 7. The molecule has 0 heterocycles. The summed E-state index contributed by atoms with van der Waals surface area (Å²) < 4.78 is 5.09. The first-order valence-corrected chi connectivity index (χ1v) is 6.90. The third kappa shape index (κ3) is 5.53. The average molecular weight is 277 g/mol. The molecule has 0 atom stereocenters. The predicted octanol–water partition coefficient (Wildman–Crippen LogP) is 2.99. The van der Waals surface area contributed by atoms with E-state index in [1.807, 2.05) is 38.1 Å². The Morgan fingerprint density at radius 1 is 1.05 bits per heavy atom. The summed E-state index contributed by atoms with van der Waals surface area (Å²) in [6, 6.07) is 7.71. The summed E-state index contributed by atoms with van der Waals surface area (Å²) in [5.41, 5.74) is 1.96. The minimum atomic E-state index is -0.251. The van der Waals surface area contributed by atoms with Crippen LogP contribution in [0.5, 0.6) is 0 Å². The Hall–Kier alpha value is -1.68. The molecule has 110 valence electrons. The maximum atomic E-state index is 11.6. The molecule has 1 amide bonds. The molecule has 0 spiro atoms. The molecule has 20 heavy (non-hydrogen) atoms. The molecule has 1 aromatic carbocycles. The molecule has 1 N–H and O–H groups in total. The Morgan fingerprint density at radius 3 is 2.15 bits per heavy atom. The third-order valence-electron chi connectivity index (χ3n) is 2.98. The Labute approximate surface area is 120 Å². The van der Waals surface area contributed by atoms with Crippen molar-refractivity contribution in [2.24, 2.45) is 5.92 Å². The van der Waals surface area contributed by atoms with Crippen molar-refractivity contribution in [3.8, 4) is 0 Å².